The maximum atomic E-state index is 12.7. The first-order valence-electron chi connectivity index (χ1n) is 8.84. The molecule has 3 atom stereocenters. The Hall–Kier alpha value is -2.13. The summed E-state index contributed by atoms with van der Waals surface area (Å²) in [6.45, 7) is 0.944. The molecule has 0 aromatic heterocycles. The molecule has 2 heterocycles. The number of hydrogen-bond donors (Lipinski definition) is 0. The highest BCUT2D eigenvalue weighted by Gasteiger charge is 2.54. The van der Waals surface area contributed by atoms with Crippen molar-refractivity contribution >= 4 is 29.3 Å². The Morgan fingerprint density at radius 1 is 1.37 bits per heavy atom. The second-order valence-corrected chi connectivity index (χ2v) is 8.43. The van der Waals surface area contributed by atoms with Crippen LogP contribution < -0.4 is 0 Å². The molecule has 2 saturated heterocycles. The van der Waals surface area contributed by atoms with Gasteiger partial charge < -0.3 is 14.5 Å². The number of hydrogen-bond acceptors (Lipinski definition) is 7. The Balaban J connectivity index is 1.59. The minimum atomic E-state index is -0.540. The molecule has 0 bridgehead atoms. The van der Waals surface area contributed by atoms with Crippen LogP contribution in [-0.4, -0.2) is 70.3 Å². The molecule has 0 spiro atoms. The van der Waals surface area contributed by atoms with Crippen LogP contribution >= 0.6 is 11.8 Å². The molecule has 0 N–H and O–H groups in total. The molecule has 2 aliphatic heterocycles. The van der Waals surface area contributed by atoms with E-state index >= 15 is 0 Å². The first kappa shape index (κ1) is 19.6. The highest BCUT2D eigenvalue weighted by Crippen LogP contribution is 2.41. The zero-order valence-electron chi connectivity index (χ0n) is 15.4. The van der Waals surface area contributed by atoms with Crippen molar-refractivity contribution in [3.8, 4) is 0 Å². The van der Waals surface area contributed by atoms with Crippen molar-refractivity contribution in [3.05, 3.63) is 39.9 Å². The molecule has 2 aliphatic rings. The van der Waals surface area contributed by atoms with Crippen LogP contribution in [0.15, 0.2) is 24.3 Å². The monoisotopic (exact) mass is 393 g/mol. The number of fused-ring (bicyclic) bond motifs is 1. The topological polar surface area (TPSA) is 93.0 Å². The second kappa shape index (κ2) is 8.26. The number of ether oxygens (including phenoxy) is 1. The lowest BCUT2D eigenvalue weighted by Crippen LogP contribution is -2.55. The summed E-state index contributed by atoms with van der Waals surface area (Å²) in [5.41, 5.74) is 0.669. The highest BCUT2D eigenvalue weighted by molar-refractivity contribution is 8.00. The van der Waals surface area contributed by atoms with Gasteiger partial charge in [0.1, 0.15) is 12.6 Å². The van der Waals surface area contributed by atoms with Crippen molar-refractivity contribution < 1.29 is 19.2 Å². The molecule has 3 unspecified atom stereocenters. The molecule has 0 aliphatic carbocycles. The molecular weight excluding hydrogens is 370 g/mol. The molecule has 9 heteroatoms. The predicted octanol–water partition coefficient (Wildman–Crippen LogP) is 1.67. The average Bonchev–Trinajstić information content (AvgIpc) is 2.92. The van der Waals surface area contributed by atoms with Crippen LogP contribution in [0.25, 0.3) is 0 Å². The molecule has 146 valence electrons. The third-order valence-corrected chi connectivity index (χ3v) is 6.18. The molecule has 0 saturated carbocycles. The molecule has 0 radical (unpaired) electrons. The predicted molar refractivity (Wildman–Crippen MR) is 101 cm³/mol. The van der Waals surface area contributed by atoms with E-state index in [-0.39, 0.29) is 29.5 Å². The lowest BCUT2D eigenvalue weighted by atomic mass is 10.0. The quantitative estimate of drug-likeness (QED) is 0.287. The number of thioether (sulfide) groups is 1. The fourth-order valence-corrected chi connectivity index (χ4v) is 4.97. The third-order valence-electron chi connectivity index (χ3n) is 4.89. The van der Waals surface area contributed by atoms with E-state index in [1.807, 2.05) is 14.1 Å². The van der Waals surface area contributed by atoms with Crippen molar-refractivity contribution in [1.82, 2.24) is 9.80 Å². The fourth-order valence-electron chi connectivity index (χ4n) is 3.42. The number of non-ortho nitro benzene ring substituents is 1. The van der Waals surface area contributed by atoms with Gasteiger partial charge in [0.05, 0.1) is 4.92 Å². The molecule has 27 heavy (non-hydrogen) atoms. The Kier molecular flexibility index (Phi) is 6.01. The van der Waals surface area contributed by atoms with Crippen molar-refractivity contribution in [2.45, 2.75) is 36.8 Å². The van der Waals surface area contributed by atoms with Gasteiger partial charge in [0.25, 0.3) is 5.69 Å². The number of nitro benzene ring substituents is 1. The van der Waals surface area contributed by atoms with Gasteiger partial charge in [-0.25, -0.2) is 4.79 Å². The number of carbonyl (C=O) groups excluding carboxylic acids is 2. The van der Waals surface area contributed by atoms with Crippen LogP contribution in [0.5, 0.6) is 0 Å². The summed E-state index contributed by atoms with van der Waals surface area (Å²) in [7, 11) is 4.00. The summed E-state index contributed by atoms with van der Waals surface area (Å²) in [4.78, 5) is 38.6. The van der Waals surface area contributed by atoms with Gasteiger partial charge in [-0.05, 0) is 38.2 Å². The van der Waals surface area contributed by atoms with Crippen LogP contribution in [0, 0.1) is 10.1 Å². The summed E-state index contributed by atoms with van der Waals surface area (Å²) in [5, 5.41) is 10.7. The second-order valence-electron chi connectivity index (χ2n) is 7.08. The summed E-state index contributed by atoms with van der Waals surface area (Å²) in [5.74, 6) is 0.498. The van der Waals surface area contributed by atoms with Gasteiger partial charge in [0.2, 0.25) is 5.91 Å². The number of carbonyl (C=O) groups is 2. The molecule has 1 amide bonds. The molecule has 2 fully saturated rings. The highest BCUT2D eigenvalue weighted by atomic mass is 32.2. The van der Waals surface area contributed by atoms with Gasteiger partial charge in [-0.3, -0.25) is 14.9 Å². The zero-order valence-corrected chi connectivity index (χ0v) is 16.2. The van der Waals surface area contributed by atoms with Crippen molar-refractivity contribution in [2.75, 3.05) is 26.4 Å². The van der Waals surface area contributed by atoms with Gasteiger partial charge in [0.15, 0.2) is 0 Å². The van der Waals surface area contributed by atoms with Gasteiger partial charge in [-0.15, -0.1) is 0 Å². The van der Waals surface area contributed by atoms with E-state index in [0.717, 1.165) is 18.7 Å². The Morgan fingerprint density at radius 3 is 2.67 bits per heavy atom. The largest absolute Gasteiger partial charge is 0.459 e. The number of nitrogens with zero attached hydrogens (tertiary/aromatic N) is 3. The number of β-lactam (4-membered cyclic amide) rings is 1. The number of rotatable bonds is 8. The lowest BCUT2D eigenvalue weighted by Gasteiger charge is -2.37. The first-order valence-corrected chi connectivity index (χ1v) is 9.89. The molecule has 3 rings (SSSR count). The summed E-state index contributed by atoms with van der Waals surface area (Å²) < 4.78 is 5.44. The Labute approximate surface area is 162 Å². The van der Waals surface area contributed by atoms with Crippen molar-refractivity contribution in [2.24, 2.45) is 0 Å². The molecule has 1 aromatic carbocycles. The van der Waals surface area contributed by atoms with Crippen LogP contribution in [0.4, 0.5) is 5.69 Å². The van der Waals surface area contributed by atoms with E-state index in [9.17, 15) is 19.7 Å². The summed E-state index contributed by atoms with van der Waals surface area (Å²) in [6.07, 6.45) is 1.33. The smallest absolute Gasteiger partial charge is 0.330 e. The number of amides is 1. The van der Waals surface area contributed by atoms with Gasteiger partial charge in [-0.2, -0.15) is 11.8 Å². The van der Waals surface area contributed by atoms with E-state index in [1.54, 1.807) is 28.8 Å². The standard InChI is InChI=1S/C18H23N3O5S/c1-19(2)7-8-27-15-9-14-10-16(22)20(14)17(15)18(23)26-11-12-3-5-13(6-4-12)21(24)25/h3-6,14-15,17H,7-11H2,1-2H3. The van der Waals surface area contributed by atoms with Crippen LogP contribution in [0.1, 0.15) is 18.4 Å². The minimum absolute atomic E-state index is 0.00718. The third kappa shape index (κ3) is 4.41. The first-order chi connectivity index (χ1) is 12.9. The fraction of sp³-hybridized carbons (Fsp3) is 0.556. The maximum absolute atomic E-state index is 12.7. The lowest BCUT2D eigenvalue weighted by molar-refractivity contribution is -0.384. The van der Waals surface area contributed by atoms with Gasteiger partial charge in [0, 0.05) is 42.1 Å². The van der Waals surface area contributed by atoms with E-state index in [4.69, 9.17) is 4.74 Å². The summed E-state index contributed by atoms with van der Waals surface area (Å²) >= 11 is 1.71. The molecule has 8 nitrogen and oxygen atoms in total. The van der Waals surface area contributed by atoms with Crippen LogP contribution in [-0.2, 0) is 20.9 Å². The number of nitro groups is 1. The Morgan fingerprint density at radius 2 is 2.07 bits per heavy atom. The van der Waals surface area contributed by atoms with Crippen LogP contribution in [0.3, 0.4) is 0 Å². The number of esters is 1. The molecular formula is C18H23N3O5S. The van der Waals surface area contributed by atoms with E-state index < -0.39 is 16.9 Å². The van der Waals surface area contributed by atoms with Crippen molar-refractivity contribution in [3.63, 3.8) is 0 Å². The summed E-state index contributed by atoms with van der Waals surface area (Å²) in [6, 6.07) is 5.51. The van der Waals surface area contributed by atoms with Gasteiger partial charge >= 0.3 is 5.97 Å². The molecule has 1 aromatic rings. The van der Waals surface area contributed by atoms with Gasteiger partial charge in [-0.1, -0.05) is 0 Å². The van der Waals surface area contributed by atoms with E-state index in [1.165, 1.54) is 12.1 Å². The maximum Gasteiger partial charge on any atom is 0.330 e. The minimum Gasteiger partial charge on any atom is -0.459 e. The zero-order chi connectivity index (χ0) is 19.6. The van der Waals surface area contributed by atoms with E-state index in [2.05, 4.69) is 4.90 Å². The van der Waals surface area contributed by atoms with Crippen LogP contribution in [0.2, 0.25) is 0 Å². The Bertz CT molecular complexity index is 724. The average molecular weight is 393 g/mol. The normalized spacial score (nSPS) is 23.9. The number of benzene rings is 1. The van der Waals surface area contributed by atoms with E-state index in [0.29, 0.717) is 12.0 Å². The van der Waals surface area contributed by atoms with Crippen molar-refractivity contribution in [1.29, 1.82) is 0 Å². The SMILES string of the molecule is CN(C)CCSC1CC2CC(=O)N2C1C(=O)OCc1ccc([N+](=O)[O-])cc1.